The second kappa shape index (κ2) is 4.96. The van der Waals surface area contributed by atoms with E-state index in [0.717, 1.165) is 17.6 Å². The summed E-state index contributed by atoms with van der Waals surface area (Å²) in [7, 11) is 0. The fraction of sp³-hybridized carbons (Fsp3) is 0.538. The lowest BCUT2D eigenvalue weighted by molar-refractivity contribution is 0.215. The number of rotatable bonds is 2. The number of aliphatic hydroxyl groups excluding tert-OH is 1. The van der Waals surface area contributed by atoms with Crippen LogP contribution in [-0.4, -0.2) is 36.4 Å². The van der Waals surface area contributed by atoms with Crippen molar-refractivity contribution in [1.82, 2.24) is 5.32 Å². The van der Waals surface area contributed by atoms with Crippen molar-refractivity contribution in [3.05, 3.63) is 28.7 Å². The molecule has 1 saturated heterocycles. The smallest absolute Gasteiger partial charge is 0.0647 e. The highest BCUT2D eigenvalue weighted by Crippen LogP contribution is 2.24. The minimum atomic E-state index is 0.0821. The van der Waals surface area contributed by atoms with Crippen molar-refractivity contribution >= 4 is 21.6 Å². The van der Waals surface area contributed by atoms with Gasteiger partial charge in [-0.1, -0.05) is 15.9 Å². The summed E-state index contributed by atoms with van der Waals surface area (Å²) in [6.07, 6.45) is 0. The van der Waals surface area contributed by atoms with Gasteiger partial charge in [-0.2, -0.15) is 0 Å². The third-order valence-electron chi connectivity index (χ3n) is 3.19. The maximum atomic E-state index is 9.46. The van der Waals surface area contributed by atoms with Crippen LogP contribution in [0, 0.1) is 0 Å². The molecule has 0 amide bonds. The Morgan fingerprint density at radius 2 is 2.06 bits per heavy atom. The van der Waals surface area contributed by atoms with Crippen LogP contribution in [0.15, 0.2) is 28.7 Å². The molecule has 0 aromatic heterocycles. The molecule has 4 heteroatoms. The zero-order valence-electron chi connectivity index (χ0n) is 10.3. The van der Waals surface area contributed by atoms with E-state index in [-0.39, 0.29) is 18.2 Å². The van der Waals surface area contributed by atoms with Crippen molar-refractivity contribution in [2.24, 2.45) is 0 Å². The zero-order valence-corrected chi connectivity index (χ0v) is 11.9. The number of hydrogen-bond acceptors (Lipinski definition) is 3. The van der Waals surface area contributed by atoms with Gasteiger partial charge in [-0.25, -0.2) is 0 Å². The molecule has 1 fully saturated rings. The lowest BCUT2D eigenvalue weighted by Crippen LogP contribution is -2.62. The van der Waals surface area contributed by atoms with Crippen molar-refractivity contribution in [3.8, 4) is 0 Å². The van der Waals surface area contributed by atoms with Gasteiger partial charge < -0.3 is 15.3 Å². The second-order valence-electron chi connectivity index (χ2n) is 5.21. The third-order valence-corrected chi connectivity index (χ3v) is 3.72. The molecule has 1 unspecified atom stereocenters. The highest BCUT2D eigenvalue weighted by atomic mass is 79.9. The van der Waals surface area contributed by atoms with E-state index in [1.165, 1.54) is 5.69 Å². The van der Waals surface area contributed by atoms with E-state index < -0.39 is 0 Å². The lowest BCUT2D eigenvalue weighted by Gasteiger charge is -2.45. The predicted octanol–water partition coefficient (Wildman–Crippen LogP) is 2.00. The summed E-state index contributed by atoms with van der Waals surface area (Å²) in [5.41, 5.74) is 1.25. The fourth-order valence-corrected chi connectivity index (χ4v) is 2.48. The van der Waals surface area contributed by atoms with Crippen molar-refractivity contribution < 1.29 is 5.11 Å². The molecule has 2 rings (SSSR count). The van der Waals surface area contributed by atoms with Crippen LogP contribution in [0.5, 0.6) is 0 Å². The van der Waals surface area contributed by atoms with E-state index in [9.17, 15) is 5.11 Å². The Morgan fingerprint density at radius 3 is 2.65 bits per heavy atom. The number of aliphatic hydroxyl groups is 1. The Labute approximate surface area is 111 Å². The van der Waals surface area contributed by atoms with Gasteiger partial charge in [-0.15, -0.1) is 0 Å². The Kier molecular flexibility index (Phi) is 3.76. The van der Waals surface area contributed by atoms with Gasteiger partial charge in [0, 0.05) is 28.8 Å². The first-order valence-electron chi connectivity index (χ1n) is 5.90. The lowest BCUT2D eigenvalue weighted by atomic mass is 9.98. The van der Waals surface area contributed by atoms with Crippen LogP contribution in [0.1, 0.15) is 13.8 Å². The normalized spacial score (nSPS) is 23.8. The monoisotopic (exact) mass is 298 g/mol. The third kappa shape index (κ3) is 3.00. The topological polar surface area (TPSA) is 35.5 Å². The van der Waals surface area contributed by atoms with Gasteiger partial charge in [0.25, 0.3) is 0 Å². The molecular weight excluding hydrogens is 280 g/mol. The Morgan fingerprint density at radius 1 is 1.41 bits per heavy atom. The van der Waals surface area contributed by atoms with Gasteiger partial charge in [0.2, 0.25) is 0 Å². The number of piperazine rings is 1. The summed E-state index contributed by atoms with van der Waals surface area (Å²) in [5.74, 6) is 0. The van der Waals surface area contributed by atoms with Crippen LogP contribution in [0.2, 0.25) is 0 Å². The van der Waals surface area contributed by atoms with Gasteiger partial charge in [-0.3, -0.25) is 0 Å². The van der Waals surface area contributed by atoms with E-state index >= 15 is 0 Å². The van der Waals surface area contributed by atoms with E-state index in [0.29, 0.717) is 0 Å². The van der Waals surface area contributed by atoms with Gasteiger partial charge in [-0.05, 0) is 38.1 Å². The Hall–Kier alpha value is -0.580. The number of nitrogens with zero attached hydrogens (tertiary/aromatic N) is 1. The minimum Gasteiger partial charge on any atom is -0.394 e. The molecule has 1 aromatic rings. The first-order valence-corrected chi connectivity index (χ1v) is 6.69. The zero-order chi connectivity index (χ0) is 12.5. The van der Waals surface area contributed by atoms with E-state index in [1.807, 2.05) is 12.1 Å². The molecule has 1 aliphatic rings. The Balaban J connectivity index is 2.23. The van der Waals surface area contributed by atoms with Crippen LogP contribution < -0.4 is 10.2 Å². The van der Waals surface area contributed by atoms with Crippen LogP contribution in [-0.2, 0) is 0 Å². The van der Waals surface area contributed by atoms with E-state index in [1.54, 1.807) is 0 Å². The number of anilines is 1. The molecule has 1 heterocycles. The SMILES string of the molecule is CC1(C)CN(c2ccc(Br)cc2)C(CO)CN1. The fourth-order valence-electron chi connectivity index (χ4n) is 2.21. The molecule has 0 bridgehead atoms. The Bertz CT molecular complexity index is 378. The van der Waals surface area contributed by atoms with Crippen LogP contribution >= 0.6 is 15.9 Å². The molecule has 1 aromatic carbocycles. The molecule has 94 valence electrons. The molecule has 0 spiro atoms. The van der Waals surface area contributed by atoms with Crippen LogP contribution in [0.4, 0.5) is 5.69 Å². The largest absolute Gasteiger partial charge is 0.394 e. The van der Waals surface area contributed by atoms with Crippen molar-refractivity contribution in [1.29, 1.82) is 0 Å². The maximum Gasteiger partial charge on any atom is 0.0647 e. The van der Waals surface area contributed by atoms with Crippen LogP contribution in [0.3, 0.4) is 0 Å². The van der Waals surface area contributed by atoms with Crippen molar-refractivity contribution in [3.63, 3.8) is 0 Å². The molecule has 0 radical (unpaired) electrons. The summed E-state index contributed by atoms with van der Waals surface area (Å²) in [6.45, 7) is 6.28. The number of halogens is 1. The van der Waals surface area contributed by atoms with E-state index in [2.05, 4.69) is 52.1 Å². The average Bonchev–Trinajstić information content (AvgIpc) is 2.29. The summed E-state index contributed by atoms with van der Waals surface area (Å²) >= 11 is 3.44. The quantitative estimate of drug-likeness (QED) is 0.877. The summed E-state index contributed by atoms with van der Waals surface area (Å²) < 4.78 is 1.08. The van der Waals surface area contributed by atoms with Gasteiger partial charge in [0.05, 0.1) is 12.6 Å². The van der Waals surface area contributed by atoms with Gasteiger partial charge in [0.15, 0.2) is 0 Å². The van der Waals surface area contributed by atoms with Gasteiger partial charge in [0.1, 0.15) is 0 Å². The number of benzene rings is 1. The van der Waals surface area contributed by atoms with Crippen molar-refractivity contribution in [2.45, 2.75) is 25.4 Å². The summed E-state index contributed by atoms with van der Waals surface area (Å²) in [6, 6.07) is 8.42. The van der Waals surface area contributed by atoms with Crippen molar-refractivity contribution in [2.75, 3.05) is 24.6 Å². The van der Waals surface area contributed by atoms with Gasteiger partial charge >= 0.3 is 0 Å². The highest BCUT2D eigenvalue weighted by Gasteiger charge is 2.32. The first-order chi connectivity index (χ1) is 8.02. The molecular formula is C13H19BrN2O. The predicted molar refractivity (Wildman–Crippen MR) is 74.4 cm³/mol. The second-order valence-corrected chi connectivity index (χ2v) is 6.12. The van der Waals surface area contributed by atoms with E-state index in [4.69, 9.17) is 0 Å². The minimum absolute atomic E-state index is 0.0821. The molecule has 0 saturated carbocycles. The molecule has 17 heavy (non-hydrogen) atoms. The average molecular weight is 299 g/mol. The molecule has 2 N–H and O–H groups in total. The highest BCUT2D eigenvalue weighted by molar-refractivity contribution is 9.10. The molecule has 1 atom stereocenters. The molecule has 0 aliphatic carbocycles. The van der Waals surface area contributed by atoms with Crippen LogP contribution in [0.25, 0.3) is 0 Å². The number of nitrogens with one attached hydrogen (secondary N) is 1. The summed E-state index contributed by atoms with van der Waals surface area (Å²) in [4.78, 5) is 2.28. The maximum absolute atomic E-state index is 9.46. The molecule has 1 aliphatic heterocycles. The molecule has 3 nitrogen and oxygen atoms in total. The summed E-state index contributed by atoms with van der Waals surface area (Å²) in [5, 5.41) is 12.9. The first kappa shape index (κ1) is 12.9. The number of hydrogen-bond donors (Lipinski definition) is 2. The standard InChI is InChI=1S/C13H19BrN2O/c1-13(2)9-16(12(8-17)7-15-13)11-5-3-10(14)4-6-11/h3-6,12,15,17H,7-9H2,1-2H3.